The SMILES string of the molecule is Cc1cc(=O)oc2cc(O[C@H]3O[C@H](C(=O)O)[C@H](O)[C@@H](O)[C@@H]3OS(=O)(=O)O)ccc12. The molecule has 29 heavy (non-hydrogen) atoms. The Morgan fingerprint density at radius 1 is 1.17 bits per heavy atom. The molecule has 158 valence electrons. The van der Waals surface area contributed by atoms with E-state index in [-0.39, 0.29) is 11.3 Å². The van der Waals surface area contributed by atoms with E-state index in [4.69, 9.17) is 23.6 Å². The Balaban J connectivity index is 1.97. The normalized spacial score (nSPS) is 27.7. The molecule has 2 heterocycles. The van der Waals surface area contributed by atoms with Gasteiger partial charge in [-0.05, 0) is 24.6 Å². The summed E-state index contributed by atoms with van der Waals surface area (Å²) in [6.07, 6.45) is -10.0. The fourth-order valence-electron chi connectivity index (χ4n) is 2.89. The summed E-state index contributed by atoms with van der Waals surface area (Å²) in [6, 6.07) is 5.43. The maximum atomic E-state index is 11.5. The second kappa shape index (κ2) is 7.70. The van der Waals surface area contributed by atoms with Crippen molar-refractivity contribution in [1.82, 2.24) is 0 Å². The maximum Gasteiger partial charge on any atom is 0.397 e. The lowest BCUT2D eigenvalue weighted by atomic mass is 9.99. The molecule has 1 aliphatic rings. The summed E-state index contributed by atoms with van der Waals surface area (Å²) in [5.74, 6) is -1.72. The van der Waals surface area contributed by atoms with Crippen LogP contribution in [0, 0.1) is 6.92 Å². The van der Waals surface area contributed by atoms with Crippen LogP contribution in [0.15, 0.2) is 33.5 Å². The highest BCUT2D eigenvalue weighted by Gasteiger charge is 2.51. The van der Waals surface area contributed by atoms with Crippen LogP contribution < -0.4 is 10.4 Å². The smallest absolute Gasteiger partial charge is 0.397 e. The van der Waals surface area contributed by atoms with E-state index in [9.17, 15) is 28.2 Å². The van der Waals surface area contributed by atoms with E-state index < -0.39 is 52.7 Å². The summed E-state index contributed by atoms with van der Waals surface area (Å²) in [5, 5.41) is 29.6. The highest BCUT2D eigenvalue weighted by atomic mass is 32.3. The summed E-state index contributed by atoms with van der Waals surface area (Å²) in [7, 11) is -5.13. The highest BCUT2D eigenvalue weighted by molar-refractivity contribution is 7.80. The molecule has 1 fully saturated rings. The van der Waals surface area contributed by atoms with Gasteiger partial charge in [-0.3, -0.25) is 4.55 Å². The van der Waals surface area contributed by atoms with Crippen LogP contribution in [0.4, 0.5) is 0 Å². The summed E-state index contributed by atoms with van der Waals surface area (Å²) in [5.41, 5.74) is 0.109. The Labute approximate surface area is 162 Å². The number of aliphatic hydroxyl groups is 2. The van der Waals surface area contributed by atoms with Crippen molar-refractivity contribution in [1.29, 1.82) is 0 Å². The van der Waals surface area contributed by atoms with Crippen LogP contribution in [0.3, 0.4) is 0 Å². The van der Waals surface area contributed by atoms with Gasteiger partial charge in [0.25, 0.3) is 0 Å². The average molecular weight is 432 g/mol. The van der Waals surface area contributed by atoms with E-state index in [1.165, 1.54) is 24.3 Å². The zero-order chi connectivity index (χ0) is 21.5. The molecule has 0 aliphatic carbocycles. The number of carboxylic acids is 1. The van der Waals surface area contributed by atoms with Gasteiger partial charge in [-0.1, -0.05) is 0 Å². The Bertz CT molecular complexity index is 1090. The summed E-state index contributed by atoms with van der Waals surface area (Å²) in [4.78, 5) is 22.8. The molecule has 5 atom stereocenters. The zero-order valence-electron chi connectivity index (χ0n) is 14.7. The van der Waals surface area contributed by atoms with Gasteiger partial charge in [0.1, 0.15) is 23.5 Å². The van der Waals surface area contributed by atoms with Gasteiger partial charge in [0, 0.05) is 17.5 Å². The molecule has 3 rings (SSSR count). The second-order valence-corrected chi connectivity index (χ2v) is 7.31. The number of rotatable bonds is 5. The molecule has 1 aliphatic heterocycles. The second-order valence-electron chi connectivity index (χ2n) is 6.26. The number of ether oxygens (including phenoxy) is 2. The van der Waals surface area contributed by atoms with E-state index in [0.29, 0.717) is 10.9 Å². The van der Waals surface area contributed by atoms with Gasteiger partial charge in [0.2, 0.25) is 6.29 Å². The number of hydrogen-bond acceptors (Lipinski definition) is 10. The van der Waals surface area contributed by atoms with Crippen molar-refractivity contribution in [3.05, 3.63) is 40.2 Å². The number of aliphatic carboxylic acids is 1. The van der Waals surface area contributed by atoms with Crippen molar-refractivity contribution >= 4 is 27.3 Å². The Morgan fingerprint density at radius 3 is 2.48 bits per heavy atom. The quantitative estimate of drug-likeness (QED) is 0.340. The standard InChI is InChI=1S/C16H16O12S/c1-6-4-10(17)26-9-5-7(2-3-8(6)9)25-16-14(28-29(22,23)24)12(19)11(18)13(27-16)15(20)21/h2-5,11-14,16,18-19H,1H3,(H,20,21)(H,22,23,24)/t11-,12-,13+,14+,16+/m1/s1. The third-order valence-corrected chi connectivity index (χ3v) is 4.66. The first-order valence-corrected chi connectivity index (χ1v) is 9.44. The van der Waals surface area contributed by atoms with Crippen molar-refractivity contribution in [2.45, 2.75) is 37.6 Å². The fraction of sp³-hybridized carbons (Fsp3) is 0.375. The van der Waals surface area contributed by atoms with Crippen LogP contribution in [0.25, 0.3) is 11.0 Å². The number of hydrogen-bond donors (Lipinski definition) is 4. The molecular weight excluding hydrogens is 416 g/mol. The van der Waals surface area contributed by atoms with Gasteiger partial charge in [-0.15, -0.1) is 0 Å². The predicted octanol–water partition coefficient (Wildman–Crippen LogP) is -0.800. The van der Waals surface area contributed by atoms with Crippen LogP contribution in [-0.2, 0) is 24.1 Å². The fourth-order valence-corrected chi connectivity index (χ4v) is 3.38. The first kappa shape index (κ1) is 21.2. The third kappa shape index (κ3) is 4.55. The first-order chi connectivity index (χ1) is 13.5. The lowest BCUT2D eigenvalue weighted by molar-refractivity contribution is -0.265. The summed E-state index contributed by atoms with van der Waals surface area (Å²) >= 11 is 0. The van der Waals surface area contributed by atoms with Crippen molar-refractivity contribution in [2.24, 2.45) is 0 Å². The monoisotopic (exact) mass is 432 g/mol. The van der Waals surface area contributed by atoms with Gasteiger partial charge in [0.05, 0.1) is 0 Å². The summed E-state index contributed by atoms with van der Waals surface area (Å²) < 4.78 is 50.8. The maximum absolute atomic E-state index is 11.5. The van der Waals surface area contributed by atoms with Crippen LogP contribution in [-0.4, -0.2) is 65.0 Å². The molecule has 0 unspecified atom stereocenters. The molecule has 0 spiro atoms. The van der Waals surface area contributed by atoms with Crippen molar-refractivity contribution in [2.75, 3.05) is 0 Å². The predicted molar refractivity (Wildman–Crippen MR) is 92.6 cm³/mol. The van der Waals surface area contributed by atoms with Crippen molar-refractivity contribution < 1.29 is 51.2 Å². The van der Waals surface area contributed by atoms with Crippen molar-refractivity contribution in [3.8, 4) is 5.75 Å². The minimum atomic E-state index is -5.13. The summed E-state index contributed by atoms with van der Waals surface area (Å²) in [6.45, 7) is 1.68. The molecule has 4 N–H and O–H groups in total. The third-order valence-electron chi connectivity index (χ3n) is 4.20. The average Bonchev–Trinajstić information content (AvgIpc) is 2.59. The van der Waals surface area contributed by atoms with Gasteiger partial charge in [0.15, 0.2) is 12.2 Å². The number of carbonyl (C=O) groups is 1. The van der Waals surface area contributed by atoms with Gasteiger partial charge in [-0.25, -0.2) is 13.8 Å². The molecular formula is C16H16O12S. The molecule has 1 saturated heterocycles. The molecule has 1 aromatic heterocycles. The molecule has 0 bridgehead atoms. The van der Waals surface area contributed by atoms with Crippen LogP contribution in [0.5, 0.6) is 5.75 Å². The molecule has 0 radical (unpaired) electrons. The Kier molecular flexibility index (Phi) is 5.62. The minimum absolute atomic E-state index is 0.0621. The lowest BCUT2D eigenvalue weighted by Crippen LogP contribution is -2.62. The Hall–Kier alpha value is -2.55. The van der Waals surface area contributed by atoms with E-state index >= 15 is 0 Å². The number of aryl methyl sites for hydroxylation is 1. The zero-order valence-corrected chi connectivity index (χ0v) is 15.5. The van der Waals surface area contributed by atoms with E-state index in [2.05, 4.69) is 4.18 Å². The van der Waals surface area contributed by atoms with E-state index in [1.54, 1.807) is 6.92 Å². The van der Waals surface area contributed by atoms with Crippen LogP contribution in [0.1, 0.15) is 5.56 Å². The molecule has 12 nitrogen and oxygen atoms in total. The van der Waals surface area contributed by atoms with Gasteiger partial charge in [-0.2, -0.15) is 8.42 Å². The van der Waals surface area contributed by atoms with Gasteiger partial charge < -0.3 is 29.2 Å². The number of fused-ring (bicyclic) bond motifs is 1. The van der Waals surface area contributed by atoms with Crippen LogP contribution in [0.2, 0.25) is 0 Å². The molecule has 13 heteroatoms. The molecule has 0 saturated carbocycles. The van der Waals surface area contributed by atoms with E-state index in [1.807, 2.05) is 0 Å². The highest BCUT2D eigenvalue weighted by Crippen LogP contribution is 2.29. The van der Waals surface area contributed by atoms with Crippen molar-refractivity contribution in [3.63, 3.8) is 0 Å². The molecule has 1 aromatic carbocycles. The molecule has 2 aromatic rings. The molecule has 0 amide bonds. The lowest BCUT2D eigenvalue weighted by Gasteiger charge is -2.39. The largest absolute Gasteiger partial charge is 0.479 e. The van der Waals surface area contributed by atoms with E-state index in [0.717, 1.165) is 0 Å². The first-order valence-electron chi connectivity index (χ1n) is 8.07. The minimum Gasteiger partial charge on any atom is -0.479 e. The number of carboxylic acid groups (broad SMARTS) is 1. The van der Waals surface area contributed by atoms with Gasteiger partial charge >= 0.3 is 22.0 Å². The number of aliphatic hydroxyl groups excluding tert-OH is 2. The van der Waals surface area contributed by atoms with Crippen LogP contribution >= 0.6 is 0 Å². The number of benzene rings is 1. The Morgan fingerprint density at radius 2 is 1.86 bits per heavy atom. The topological polar surface area (TPSA) is 190 Å².